The number of aliphatic hydroxyl groups is 1. The van der Waals surface area contributed by atoms with Crippen LogP contribution in [0.4, 0.5) is 11.4 Å². The van der Waals surface area contributed by atoms with Gasteiger partial charge in [-0.1, -0.05) is 12.2 Å². The van der Waals surface area contributed by atoms with Crippen LogP contribution in [0, 0.1) is 11.8 Å². The minimum Gasteiger partial charge on any atom is -0.465 e. The molecular formula is C34H49N3O5S. The van der Waals surface area contributed by atoms with Gasteiger partial charge in [-0.25, -0.2) is 0 Å². The number of fused-ring (bicyclic) bond motifs is 1. The van der Waals surface area contributed by atoms with Crippen LogP contribution in [0.3, 0.4) is 0 Å². The molecule has 8 nitrogen and oxygen atoms in total. The zero-order valence-corrected chi connectivity index (χ0v) is 26.9. The standard InChI is InChI=1S/C34H49N3O5S/c1-6-10-14-24-42-32(41)28-27-30(39)37(22-12-11-13-23-38)29(34(27)20-19-33(28,5)43-34)31(40)36(21-7-2)26-17-15-25(16-18-26)35(8-3)9-4/h6-7,15-18,27-29,38H,1-2,8-14,19-24H2,3-5H3/t27-,28-,29?,33+,34?/m0/s1. The van der Waals surface area contributed by atoms with Crippen molar-refractivity contribution in [2.24, 2.45) is 11.8 Å². The smallest absolute Gasteiger partial charge is 0.311 e. The molecule has 3 heterocycles. The first-order chi connectivity index (χ1) is 20.7. The Bertz CT molecular complexity index is 1170. The van der Waals surface area contributed by atoms with Crippen LogP contribution in [-0.2, 0) is 19.1 Å². The number of hydrogen-bond donors (Lipinski definition) is 1. The summed E-state index contributed by atoms with van der Waals surface area (Å²) in [5, 5.41) is 9.32. The second-order valence-electron chi connectivity index (χ2n) is 12.1. The summed E-state index contributed by atoms with van der Waals surface area (Å²) in [6, 6.07) is 7.31. The quantitative estimate of drug-likeness (QED) is 0.147. The Kier molecular flexibility index (Phi) is 11.0. The van der Waals surface area contributed by atoms with Gasteiger partial charge in [0.2, 0.25) is 5.91 Å². The number of aliphatic hydroxyl groups excluding tert-OH is 1. The average Bonchev–Trinajstić information content (AvgIpc) is 3.57. The molecule has 1 aromatic rings. The van der Waals surface area contributed by atoms with Crippen LogP contribution >= 0.6 is 11.8 Å². The van der Waals surface area contributed by atoms with Crippen LogP contribution in [-0.4, -0.2) is 82.7 Å². The summed E-state index contributed by atoms with van der Waals surface area (Å²) in [6.07, 6.45) is 8.48. The number of carbonyl (C=O) groups is 3. The van der Waals surface area contributed by atoms with E-state index >= 15 is 0 Å². The van der Waals surface area contributed by atoms with Crippen molar-refractivity contribution < 1.29 is 24.2 Å². The SMILES string of the molecule is C=CCCCOC(=O)[C@@H]1[C@H]2C(=O)N(CCCCCO)C(C(=O)N(CC=C)c3ccc(N(CC)CC)cc3)C23CC[C@@]1(C)S3. The van der Waals surface area contributed by atoms with E-state index in [1.165, 1.54) is 0 Å². The molecule has 1 spiro atoms. The number of hydrogen-bond acceptors (Lipinski definition) is 7. The number of likely N-dealkylation sites (tertiary alicyclic amines) is 1. The highest BCUT2D eigenvalue weighted by Gasteiger charge is 2.77. The molecule has 2 unspecified atom stereocenters. The van der Waals surface area contributed by atoms with Crippen molar-refractivity contribution in [3.05, 3.63) is 49.6 Å². The van der Waals surface area contributed by atoms with Gasteiger partial charge >= 0.3 is 5.97 Å². The molecule has 0 aliphatic carbocycles. The van der Waals surface area contributed by atoms with Gasteiger partial charge in [0.05, 0.1) is 23.2 Å². The zero-order chi connectivity index (χ0) is 31.2. The summed E-state index contributed by atoms with van der Waals surface area (Å²) in [5.74, 6) is -1.79. The van der Waals surface area contributed by atoms with E-state index in [9.17, 15) is 19.5 Å². The second kappa shape index (κ2) is 14.3. The molecule has 3 aliphatic heterocycles. The lowest BCUT2D eigenvalue weighted by Crippen LogP contribution is -2.55. The van der Waals surface area contributed by atoms with E-state index in [-0.39, 0.29) is 24.4 Å². The molecule has 3 saturated heterocycles. The second-order valence-corrected chi connectivity index (χ2v) is 14.0. The van der Waals surface area contributed by atoms with Crippen LogP contribution in [0.2, 0.25) is 0 Å². The fourth-order valence-corrected chi connectivity index (χ4v) is 9.73. The highest BCUT2D eigenvalue weighted by molar-refractivity contribution is 8.02. The first-order valence-electron chi connectivity index (χ1n) is 15.9. The first-order valence-corrected chi connectivity index (χ1v) is 16.7. The lowest BCUT2D eigenvalue weighted by atomic mass is 9.66. The molecule has 2 amide bonds. The van der Waals surface area contributed by atoms with Gasteiger partial charge < -0.3 is 24.5 Å². The summed E-state index contributed by atoms with van der Waals surface area (Å²) < 4.78 is 4.57. The van der Waals surface area contributed by atoms with Gasteiger partial charge in [0.1, 0.15) is 6.04 Å². The Morgan fingerprint density at radius 3 is 2.40 bits per heavy atom. The highest BCUT2D eigenvalue weighted by atomic mass is 32.2. The van der Waals surface area contributed by atoms with Crippen LogP contribution in [0.5, 0.6) is 0 Å². The van der Waals surface area contributed by atoms with Crippen LogP contribution in [0.25, 0.3) is 0 Å². The molecule has 1 aromatic carbocycles. The number of nitrogens with zero attached hydrogens (tertiary/aromatic N) is 3. The Morgan fingerprint density at radius 1 is 1.07 bits per heavy atom. The predicted octanol–water partition coefficient (Wildman–Crippen LogP) is 5.21. The topological polar surface area (TPSA) is 90.4 Å². The fraction of sp³-hybridized carbons (Fsp3) is 0.618. The lowest BCUT2D eigenvalue weighted by molar-refractivity contribution is -0.155. The monoisotopic (exact) mass is 611 g/mol. The van der Waals surface area contributed by atoms with Crippen LogP contribution in [0.15, 0.2) is 49.6 Å². The number of carbonyl (C=O) groups excluding carboxylic acids is 3. The van der Waals surface area contributed by atoms with E-state index in [0.29, 0.717) is 45.4 Å². The molecule has 3 aliphatic rings. The maximum atomic E-state index is 14.8. The number of esters is 1. The Balaban J connectivity index is 1.69. The Morgan fingerprint density at radius 2 is 1.77 bits per heavy atom. The average molecular weight is 612 g/mol. The number of benzene rings is 1. The third-order valence-corrected chi connectivity index (χ3v) is 11.5. The van der Waals surface area contributed by atoms with Crippen molar-refractivity contribution in [3.8, 4) is 0 Å². The largest absolute Gasteiger partial charge is 0.465 e. The zero-order valence-electron chi connectivity index (χ0n) is 26.1. The number of thioether (sulfide) groups is 1. The van der Waals surface area contributed by atoms with Gasteiger partial charge in [-0.2, -0.15) is 0 Å². The molecule has 3 fully saturated rings. The van der Waals surface area contributed by atoms with Crippen LogP contribution in [0.1, 0.15) is 65.7 Å². The number of allylic oxidation sites excluding steroid dienone is 1. The third-order valence-electron chi connectivity index (χ3n) is 9.49. The molecule has 236 valence electrons. The van der Waals surface area contributed by atoms with Gasteiger partial charge in [0.15, 0.2) is 0 Å². The van der Waals surface area contributed by atoms with Crippen LogP contribution < -0.4 is 9.80 Å². The molecular weight excluding hydrogens is 562 g/mol. The molecule has 1 N–H and O–H groups in total. The van der Waals surface area contributed by atoms with E-state index < -0.39 is 27.4 Å². The highest BCUT2D eigenvalue weighted by Crippen LogP contribution is 2.71. The molecule has 9 heteroatoms. The third kappa shape index (κ3) is 6.25. The van der Waals surface area contributed by atoms with Gasteiger partial charge in [0.25, 0.3) is 5.91 Å². The van der Waals surface area contributed by atoms with Crippen molar-refractivity contribution in [3.63, 3.8) is 0 Å². The molecule has 4 rings (SSSR count). The van der Waals surface area contributed by atoms with E-state index in [2.05, 4.69) is 38.8 Å². The fourth-order valence-electron chi connectivity index (χ4n) is 7.40. The minimum atomic E-state index is -0.703. The number of anilines is 2. The van der Waals surface area contributed by atoms with E-state index in [1.807, 2.05) is 24.3 Å². The maximum Gasteiger partial charge on any atom is 0.311 e. The van der Waals surface area contributed by atoms with Crippen molar-refractivity contribution in [1.29, 1.82) is 0 Å². The number of amides is 2. The molecule has 0 saturated carbocycles. The minimum absolute atomic E-state index is 0.0907. The lowest BCUT2D eigenvalue weighted by Gasteiger charge is -2.37. The molecule has 2 bridgehead atoms. The first kappa shape index (κ1) is 33.1. The molecule has 0 radical (unpaired) electrons. The van der Waals surface area contributed by atoms with Gasteiger partial charge in [-0.15, -0.1) is 24.9 Å². The van der Waals surface area contributed by atoms with Gasteiger partial charge in [-0.05, 0) is 90.0 Å². The number of rotatable bonds is 17. The molecule has 0 aromatic heterocycles. The van der Waals surface area contributed by atoms with Crippen molar-refractivity contribution in [2.75, 3.05) is 49.2 Å². The van der Waals surface area contributed by atoms with E-state index in [4.69, 9.17) is 4.74 Å². The predicted molar refractivity (Wildman–Crippen MR) is 174 cm³/mol. The summed E-state index contributed by atoms with van der Waals surface area (Å²) in [7, 11) is 0. The van der Waals surface area contributed by atoms with Gasteiger partial charge in [-0.3, -0.25) is 14.4 Å². The number of ether oxygens (including phenoxy) is 1. The molecule has 43 heavy (non-hydrogen) atoms. The summed E-state index contributed by atoms with van der Waals surface area (Å²) in [4.78, 5) is 48.4. The van der Waals surface area contributed by atoms with E-state index in [1.54, 1.807) is 33.7 Å². The Hall–Kier alpha value is -2.78. The summed E-state index contributed by atoms with van der Waals surface area (Å²) >= 11 is 1.66. The van der Waals surface area contributed by atoms with Crippen molar-refractivity contribution >= 4 is 40.9 Å². The van der Waals surface area contributed by atoms with Gasteiger partial charge in [0, 0.05) is 48.9 Å². The maximum absolute atomic E-state index is 14.8. The molecule has 5 atom stereocenters. The van der Waals surface area contributed by atoms with Crippen molar-refractivity contribution in [2.45, 2.75) is 81.3 Å². The van der Waals surface area contributed by atoms with Crippen molar-refractivity contribution in [1.82, 2.24) is 4.90 Å². The summed E-state index contributed by atoms with van der Waals surface area (Å²) in [6.45, 7) is 16.8. The Labute approximate surface area is 261 Å². The number of unbranched alkanes of at least 4 members (excludes halogenated alkanes) is 3. The summed E-state index contributed by atoms with van der Waals surface area (Å²) in [5.41, 5.74) is 1.85. The normalized spacial score (nSPS) is 27.2. The van der Waals surface area contributed by atoms with E-state index in [0.717, 1.165) is 43.7 Å².